The van der Waals surface area contributed by atoms with Crippen LogP contribution in [0, 0.1) is 19.7 Å². The van der Waals surface area contributed by atoms with Gasteiger partial charge in [0.2, 0.25) is 0 Å². The van der Waals surface area contributed by atoms with E-state index in [0.29, 0.717) is 16.3 Å². The molecule has 1 atom stereocenters. The fourth-order valence-electron chi connectivity index (χ4n) is 4.16. The second-order valence-electron chi connectivity index (χ2n) is 8.38. The van der Waals surface area contributed by atoms with E-state index in [1.165, 1.54) is 25.5 Å². The molecule has 2 heterocycles. The Balaban J connectivity index is 1.79. The third-order valence-corrected chi connectivity index (χ3v) is 6.34. The molecule has 0 spiro atoms. The van der Waals surface area contributed by atoms with Crippen LogP contribution in [0.5, 0.6) is 5.75 Å². The van der Waals surface area contributed by atoms with Crippen LogP contribution in [0.15, 0.2) is 47.3 Å². The number of hydrogen-bond acceptors (Lipinski definition) is 5. The maximum Gasteiger partial charge on any atom is 0.294 e. The molecule has 2 aromatic heterocycles. The van der Waals surface area contributed by atoms with Crippen molar-refractivity contribution in [2.24, 2.45) is 0 Å². The van der Waals surface area contributed by atoms with E-state index in [9.17, 15) is 27.9 Å². The van der Waals surface area contributed by atoms with Crippen molar-refractivity contribution >= 4 is 23.0 Å². The number of aromatic amines is 1. The standard InChI is InChI=1S/C25H22ClF3N4O4/c1-12-19(23(35)30-21(25(28,29)11-34)14-4-7-16(27)8-5-14)13(2)33-20(12)24(36)31-22(32-33)15-6-9-17(26)18(10-15)37-3/h4-10,21,34H,11H2,1-3H3,(H,30,35)(H,31,32,36). The lowest BCUT2D eigenvalue weighted by atomic mass is 9.99. The molecule has 0 fully saturated rings. The molecule has 12 heteroatoms. The lowest BCUT2D eigenvalue weighted by Crippen LogP contribution is -2.43. The minimum absolute atomic E-state index is 0.0373. The molecule has 0 bridgehead atoms. The first-order valence-corrected chi connectivity index (χ1v) is 11.4. The van der Waals surface area contributed by atoms with Crippen LogP contribution in [0.4, 0.5) is 13.2 Å². The summed E-state index contributed by atoms with van der Waals surface area (Å²) < 4.78 is 49.1. The minimum Gasteiger partial charge on any atom is -0.495 e. The van der Waals surface area contributed by atoms with Gasteiger partial charge in [-0.2, -0.15) is 0 Å². The van der Waals surface area contributed by atoms with Crippen molar-refractivity contribution in [1.82, 2.24) is 19.9 Å². The zero-order valence-electron chi connectivity index (χ0n) is 19.9. The first kappa shape index (κ1) is 26.2. The Kier molecular flexibility index (Phi) is 7.03. The normalized spacial score (nSPS) is 12.5. The van der Waals surface area contributed by atoms with Gasteiger partial charge in [-0.05, 0) is 55.3 Å². The number of H-pyrrole nitrogens is 1. The predicted octanol–water partition coefficient (Wildman–Crippen LogP) is 4.21. The highest BCUT2D eigenvalue weighted by Crippen LogP contribution is 2.33. The summed E-state index contributed by atoms with van der Waals surface area (Å²) in [6.45, 7) is 1.46. The van der Waals surface area contributed by atoms with Crippen LogP contribution >= 0.6 is 11.6 Å². The fourth-order valence-corrected chi connectivity index (χ4v) is 4.35. The van der Waals surface area contributed by atoms with Crippen molar-refractivity contribution in [3.8, 4) is 17.1 Å². The SMILES string of the molecule is COc1cc(-c2nn3c(C)c(C(=O)NC(c4ccc(F)cc4)C(F)(F)CO)c(C)c3c(=O)[nH]2)ccc1Cl. The van der Waals surface area contributed by atoms with Crippen LogP contribution in [-0.4, -0.2) is 45.3 Å². The number of amides is 1. The number of halogens is 4. The smallest absolute Gasteiger partial charge is 0.294 e. The largest absolute Gasteiger partial charge is 0.495 e. The molecule has 4 rings (SSSR count). The van der Waals surface area contributed by atoms with E-state index in [-0.39, 0.29) is 33.7 Å². The van der Waals surface area contributed by atoms with Gasteiger partial charge in [-0.15, -0.1) is 5.10 Å². The van der Waals surface area contributed by atoms with Gasteiger partial charge in [0.25, 0.3) is 17.4 Å². The topological polar surface area (TPSA) is 109 Å². The van der Waals surface area contributed by atoms with Gasteiger partial charge in [-0.1, -0.05) is 23.7 Å². The van der Waals surface area contributed by atoms with Crippen LogP contribution in [0.2, 0.25) is 5.02 Å². The molecule has 0 saturated heterocycles. The molecule has 194 valence electrons. The van der Waals surface area contributed by atoms with E-state index < -0.39 is 35.9 Å². The summed E-state index contributed by atoms with van der Waals surface area (Å²) in [6, 6.07) is 6.95. The summed E-state index contributed by atoms with van der Waals surface area (Å²) in [7, 11) is 1.44. The monoisotopic (exact) mass is 534 g/mol. The molecular formula is C25H22ClF3N4O4. The van der Waals surface area contributed by atoms with Crippen molar-refractivity contribution in [2.75, 3.05) is 13.7 Å². The third-order valence-electron chi connectivity index (χ3n) is 6.03. The summed E-state index contributed by atoms with van der Waals surface area (Å²) in [4.78, 5) is 28.9. The molecule has 1 amide bonds. The zero-order valence-corrected chi connectivity index (χ0v) is 20.7. The summed E-state index contributed by atoms with van der Waals surface area (Å²) >= 11 is 6.08. The maximum absolute atomic E-state index is 14.6. The van der Waals surface area contributed by atoms with Gasteiger partial charge < -0.3 is 20.1 Å². The number of carbonyl (C=O) groups excluding carboxylic acids is 1. The highest BCUT2D eigenvalue weighted by Gasteiger charge is 2.42. The average Bonchev–Trinajstić information content (AvgIpc) is 3.13. The van der Waals surface area contributed by atoms with E-state index in [4.69, 9.17) is 16.3 Å². The van der Waals surface area contributed by atoms with E-state index in [1.807, 2.05) is 0 Å². The number of aliphatic hydroxyl groups is 1. The Bertz CT molecular complexity index is 1550. The summed E-state index contributed by atoms with van der Waals surface area (Å²) in [5.74, 6) is -4.80. The number of nitrogens with zero attached hydrogens (tertiary/aromatic N) is 2. The number of aryl methyl sites for hydroxylation is 2. The van der Waals surface area contributed by atoms with Gasteiger partial charge in [0, 0.05) is 5.56 Å². The van der Waals surface area contributed by atoms with E-state index in [1.54, 1.807) is 18.2 Å². The van der Waals surface area contributed by atoms with E-state index in [0.717, 1.165) is 24.3 Å². The Labute approximate surface area is 213 Å². The molecule has 37 heavy (non-hydrogen) atoms. The van der Waals surface area contributed by atoms with Crippen LogP contribution in [0.25, 0.3) is 16.9 Å². The number of ether oxygens (including phenoxy) is 1. The first-order valence-electron chi connectivity index (χ1n) is 11.0. The zero-order chi connectivity index (χ0) is 27.1. The minimum atomic E-state index is -3.76. The summed E-state index contributed by atoms with van der Waals surface area (Å²) in [6.07, 6.45) is 0. The quantitative estimate of drug-likeness (QED) is 0.329. The van der Waals surface area contributed by atoms with Crippen molar-refractivity contribution in [3.05, 3.63) is 86.0 Å². The molecule has 0 aliphatic carbocycles. The number of methoxy groups -OCH3 is 1. The van der Waals surface area contributed by atoms with Crippen molar-refractivity contribution in [3.63, 3.8) is 0 Å². The highest BCUT2D eigenvalue weighted by molar-refractivity contribution is 6.32. The number of aromatic nitrogens is 3. The van der Waals surface area contributed by atoms with Crippen molar-refractivity contribution < 1.29 is 27.8 Å². The molecule has 0 radical (unpaired) electrons. The lowest BCUT2D eigenvalue weighted by Gasteiger charge is -2.27. The van der Waals surface area contributed by atoms with E-state index >= 15 is 0 Å². The average molecular weight is 535 g/mol. The van der Waals surface area contributed by atoms with E-state index in [2.05, 4.69) is 15.4 Å². The van der Waals surface area contributed by atoms with Crippen molar-refractivity contribution in [1.29, 1.82) is 0 Å². The molecule has 2 aromatic carbocycles. The predicted molar refractivity (Wildman–Crippen MR) is 131 cm³/mol. The lowest BCUT2D eigenvalue weighted by molar-refractivity contribution is -0.0785. The van der Waals surface area contributed by atoms with Gasteiger partial charge in [-0.3, -0.25) is 9.59 Å². The van der Waals surface area contributed by atoms with Crippen LogP contribution in [0.1, 0.15) is 33.2 Å². The van der Waals surface area contributed by atoms with Gasteiger partial charge in [0.05, 0.1) is 23.4 Å². The van der Waals surface area contributed by atoms with Gasteiger partial charge in [0.15, 0.2) is 5.82 Å². The van der Waals surface area contributed by atoms with Gasteiger partial charge in [-0.25, -0.2) is 17.7 Å². The summed E-state index contributed by atoms with van der Waals surface area (Å²) in [5.41, 5.74) is 0.273. The third kappa shape index (κ3) is 4.79. The molecule has 4 aromatic rings. The highest BCUT2D eigenvalue weighted by atomic mass is 35.5. The van der Waals surface area contributed by atoms with Crippen LogP contribution < -0.4 is 15.6 Å². The molecule has 8 nitrogen and oxygen atoms in total. The van der Waals surface area contributed by atoms with Crippen molar-refractivity contribution in [2.45, 2.75) is 25.8 Å². The van der Waals surface area contributed by atoms with Crippen LogP contribution in [-0.2, 0) is 0 Å². The number of carbonyl (C=O) groups is 1. The molecule has 0 aliphatic heterocycles. The van der Waals surface area contributed by atoms with Gasteiger partial charge >= 0.3 is 0 Å². The Morgan fingerprint density at radius 2 is 1.92 bits per heavy atom. The number of aliphatic hydroxyl groups excluding tert-OH is 1. The molecule has 0 aliphatic rings. The summed E-state index contributed by atoms with van der Waals surface area (Å²) in [5, 5.41) is 16.3. The fraction of sp³-hybridized carbons (Fsp3) is 0.240. The van der Waals surface area contributed by atoms with Gasteiger partial charge in [0.1, 0.15) is 29.7 Å². The number of alkyl halides is 2. The molecule has 3 N–H and O–H groups in total. The molecular weight excluding hydrogens is 513 g/mol. The van der Waals surface area contributed by atoms with Crippen LogP contribution in [0.3, 0.4) is 0 Å². The second-order valence-corrected chi connectivity index (χ2v) is 8.78. The number of rotatable bonds is 7. The first-order chi connectivity index (χ1) is 17.5. The maximum atomic E-state index is 14.6. The number of fused-ring (bicyclic) bond motifs is 1. The Morgan fingerprint density at radius 1 is 1.24 bits per heavy atom. The number of nitrogens with one attached hydrogen (secondary N) is 2. The molecule has 1 unspecified atom stereocenters. The number of hydrogen-bond donors (Lipinski definition) is 3. The molecule has 0 saturated carbocycles. The number of benzene rings is 2. The second kappa shape index (κ2) is 9.91. The Morgan fingerprint density at radius 3 is 2.54 bits per heavy atom. The Hall–Kier alpha value is -3.83.